The van der Waals surface area contributed by atoms with Gasteiger partial charge in [0.25, 0.3) is 5.91 Å². The molecule has 7 heteroatoms. The lowest BCUT2D eigenvalue weighted by molar-refractivity contribution is 0.0696. The number of aromatic carboxylic acids is 1. The van der Waals surface area contributed by atoms with Crippen molar-refractivity contribution in [3.05, 3.63) is 83.4 Å². The van der Waals surface area contributed by atoms with Gasteiger partial charge in [0.15, 0.2) is 11.5 Å². The normalized spacial score (nSPS) is 16.9. The average molecular weight is 388 g/mol. The quantitative estimate of drug-likeness (QED) is 0.708. The van der Waals surface area contributed by atoms with Gasteiger partial charge in [-0.1, -0.05) is 24.3 Å². The molecule has 144 valence electrons. The van der Waals surface area contributed by atoms with Crippen molar-refractivity contribution in [2.45, 2.75) is 6.17 Å². The van der Waals surface area contributed by atoms with Crippen LogP contribution in [-0.2, 0) is 0 Å². The van der Waals surface area contributed by atoms with Crippen LogP contribution in [-0.4, -0.2) is 23.8 Å². The van der Waals surface area contributed by atoms with Crippen LogP contribution in [0.3, 0.4) is 0 Å². The van der Waals surface area contributed by atoms with Gasteiger partial charge >= 0.3 is 5.97 Å². The largest absolute Gasteiger partial charge is 0.478 e. The van der Waals surface area contributed by atoms with Crippen molar-refractivity contribution in [2.75, 3.05) is 17.0 Å². The smallest absolute Gasteiger partial charge is 0.335 e. The molecule has 2 N–H and O–H groups in total. The van der Waals surface area contributed by atoms with E-state index >= 15 is 0 Å². The summed E-state index contributed by atoms with van der Waals surface area (Å²) < 4.78 is 10.8. The molecular weight excluding hydrogens is 372 g/mol. The van der Waals surface area contributed by atoms with Gasteiger partial charge in [0, 0.05) is 11.8 Å². The fraction of sp³-hybridized carbons (Fsp3) is 0.0909. The molecule has 1 atom stereocenters. The molecule has 0 fully saturated rings. The fourth-order valence-electron chi connectivity index (χ4n) is 3.60. The van der Waals surface area contributed by atoms with Crippen LogP contribution in [0.15, 0.2) is 66.7 Å². The molecule has 5 rings (SSSR count). The van der Waals surface area contributed by atoms with Crippen molar-refractivity contribution in [1.29, 1.82) is 0 Å². The van der Waals surface area contributed by atoms with Gasteiger partial charge < -0.3 is 19.9 Å². The highest BCUT2D eigenvalue weighted by molar-refractivity contribution is 6.12. The highest BCUT2D eigenvalue weighted by Crippen LogP contribution is 2.41. The standard InChI is InChI=1S/C22H16N2O5/c25-21-16-3-1-2-4-17(16)23-20(13-5-7-14(8-6-13)22(26)27)24(21)15-9-10-18-19(11-15)29-12-28-18/h1-11,20,23H,12H2,(H,26,27)/t20-/m0/s1. The molecule has 0 bridgehead atoms. The van der Waals surface area contributed by atoms with Crippen LogP contribution in [0.4, 0.5) is 11.4 Å². The Hall–Kier alpha value is -4.00. The molecule has 0 spiro atoms. The Morgan fingerprint density at radius 1 is 1.00 bits per heavy atom. The zero-order chi connectivity index (χ0) is 20.0. The van der Waals surface area contributed by atoms with Crippen LogP contribution in [0.1, 0.15) is 32.4 Å². The molecular formula is C22H16N2O5. The van der Waals surface area contributed by atoms with Crippen LogP contribution in [0.25, 0.3) is 0 Å². The lowest BCUT2D eigenvalue weighted by atomic mass is 10.0. The van der Waals surface area contributed by atoms with Crippen LogP contribution >= 0.6 is 0 Å². The van der Waals surface area contributed by atoms with E-state index in [0.29, 0.717) is 22.7 Å². The number of para-hydroxylation sites is 1. The lowest BCUT2D eigenvalue weighted by Crippen LogP contribution is -2.43. The Morgan fingerprint density at radius 3 is 2.55 bits per heavy atom. The summed E-state index contributed by atoms with van der Waals surface area (Å²) in [4.78, 5) is 26.2. The zero-order valence-electron chi connectivity index (χ0n) is 15.2. The first-order chi connectivity index (χ1) is 14.1. The van der Waals surface area contributed by atoms with E-state index in [4.69, 9.17) is 9.47 Å². The summed E-state index contributed by atoms with van der Waals surface area (Å²) >= 11 is 0. The van der Waals surface area contributed by atoms with Crippen molar-refractivity contribution >= 4 is 23.3 Å². The highest BCUT2D eigenvalue weighted by atomic mass is 16.7. The second kappa shape index (κ2) is 6.56. The van der Waals surface area contributed by atoms with Gasteiger partial charge in [-0.05, 0) is 42.0 Å². The average Bonchev–Trinajstić information content (AvgIpc) is 3.21. The first-order valence-electron chi connectivity index (χ1n) is 9.04. The number of carboxylic acids is 1. The molecule has 0 unspecified atom stereocenters. The third-order valence-corrected chi connectivity index (χ3v) is 5.03. The van der Waals surface area contributed by atoms with Crippen molar-refractivity contribution in [3.63, 3.8) is 0 Å². The Kier molecular flexibility index (Phi) is 3.87. The van der Waals surface area contributed by atoms with E-state index in [1.807, 2.05) is 18.2 Å². The van der Waals surface area contributed by atoms with Crippen molar-refractivity contribution in [3.8, 4) is 11.5 Å². The minimum absolute atomic E-state index is 0.147. The van der Waals surface area contributed by atoms with Crippen molar-refractivity contribution < 1.29 is 24.2 Å². The monoisotopic (exact) mass is 388 g/mol. The van der Waals surface area contributed by atoms with Crippen LogP contribution in [0, 0.1) is 0 Å². The summed E-state index contributed by atoms with van der Waals surface area (Å²) in [7, 11) is 0. The third-order valence-electron chi connectivity index (χ3n) is 5.03. The molecule has 0 aliphatic carbocycles. The van der Waals surface area contributed by atoms with Gasteiger partial charge in [-0.3, -0.25) is 9.69 Å². The number of ether oxygens (including phenoxy) is 2. The SMILES string of the molecule is O=C(O)c1ccc([C@H]2Nc3ccccc3C(=O)N2c2ccc3c(c2)OCO3)cc1. The number of nitrogens with one attached hydrogen (secondary N) is 1. The first-order valence-corrected chi connectivity index (χ1v) is 9.04. The molecule has 29 heavy (non-hydrogen) atoms. The number of carboxylic acid groups (broad SMARTS) is 1. The second-order valence-electron chi connectivity index (χ2n) is 6.73. The minimum Gasteiger partial charge on any atom is -0.478 e. The molecule has 2 heterocycles. The zero-order valence-corrected chi connectivity index (χ0v) is 15.2. The molecule has 0 aromatic heterocycles. The molecule has 3 aromatic carbocycles. The van der Waals surface area contributed by atoms with Crippen LogP contribution < -0.4 is 19.7 Å². The number of rotatable bonds is 3. The maximum absolute atomic E-state index is 13.4. The number of carbonyl (C=O) groups is 2. The fourth-order valence-corrected chi connectivity index (χ4v) is 3.60. The Morgan fingerprint density at radius 2 is 1.76 bits per heavy atom. The molecule has 0 radical (unpaired) electrons. The number of benzene rings is 3. The Balaban J connectivity index is 1.62. The molecule has 1 amide bonds. The van der Waals surface area contributed by atoms with Gasteiger partial charge in [0.2, 0.25) is 6.79 Å². The van der Waals surface area contributed by atoms with E-state index in [1.165, 1.54) is 12.1 Å². The molecule has 2 aliphatic rings. The predicted octanol–water partition coefficient (Wildman–Crippen LogP) is 3.88. The number of hydrogen-bond donors (Lipinski definition) is 2. The molecule has 3 aromatic rings. The van der Waals surface area contributed by atoms with E-state index in [9.17, 15) is 14.7 Å². The second-order valence-corrected chi connectivity index (χ2v) is 6.73. The summed E-state index contributed by atoms with van der Waals surface area (Å²) in [6.07, 6.45) is -0.513. The van der Waals surface area contributed by atoms with E-state index in [0.717, 1.165) is 11.3 Å². The van der Waals surface area contributed by atoms with E-state index in [2.05, 4.69) is 5.32 Å². The minimum atomic E-state index is -0.998. The number of hydrogen-bond acceptors (Lipinski definition) is 5. The van der Waals surface area contributed by atoms with Gasteiger partial charge in [0.05, 0.1) is 16.8 Å². The van der Waals surface area contributed by atoms with E-state index in [1.54, 1.807) is 41.3 Å². The van der Waals surface area contributed by atoms with E-state index in [-0.39, 0.29) is 18.3 Å². The number of fused-ring (bicyclic) bond motifs is 2. The van der Waals surface area contributed by atoms with E-state index < -0.39 is 12.1 Å². The molecule has 2 aliphatic heterocycles. The lowest BCUT2D eigenvalue weighted by Gasteiger charge is -2.38. The summed E-state index contributed by atoms with van der Waals surface area (Å²) in [6, 6.07) is 19.1. The molecule has 7 nitrogen and oxygen atoms in total. The van der Waals surface area contributed by atoms with Crippen LogP contribution in [0.2, 0.25) is 0 Å². The topological polar surface area (TPSA) is 88.1 Å². The van der Waals surface area contributed by atoms with Gasteiger partial charge in [-0.15, -0.1) is 0 Å². The number of amides is 1. The first kappa shape index (κ1) is 17.1. The summed E-state index contributed by atoms with van der Waals surface area (Å²) in [5, 5.41) is 12.6. The maximum atomic E-state index is 13.4. The van der Waals surface area contributed by atoms with Gasteiger partial charge in [-0.2, -0.15) is 0 Å². The maximum Gasteiger partial charge on any atom is 0.335 e. The predicted molar refractivity (Wildman–Crippen MR) is 106 cm³/mol. The molecule has 0 saturated heterocycles. The molecule has 0 saturated carbocycles. The highest BCUT2D eigenvalue weighted by Gasteiger charge is 2.34. The van der Waals surface area contributed by atoms with Crippen LogP contribution in [0.5, 0.6) is 11.5 Å². The van der Waals surface area contributed by atoms with Crippen molar-refractivity contribution in [1.82, 2.24) is 0 Å². The van der Waals surface area contributed by atoms with Crippen molar-refractivity contribution in [2.24, 2.45) is 0 Å². The summed E-state index contributed by atoms with van der Waals surface area (Å²) in [5.74, 6) is 0.0517. The number of carbonyl (C=O) groups excluding carboxylic acids is 1. The Bertz CT molecular complexity index is 1130. The summed E-state index contributed by atoms with van der Waals surface area (Å²) in [6.45, 7) is 0.147. The summed E-state index contributed by atoms with van der Waals surface area (Å²) in [5.41, 5.74) is 2.88. The number of nitrogens with zero attached hydrogens (tertiary/aromatic N) is 1. The van der Waals surface area contributed by atoms with Gasteiger partial charge in [0.1, 0.15) is 6.17 Å². The number of anilines is 2. The van der Waals surface area contributed by atoms with Gasteiger partial charge in [-0.25, -0.2) is 4.79 Å². The Labute approximate surface area is 166 Å². The third kappa shape index (κ3) is 2.84.